The lowest BCUT2D eigenvalue weighted by atomic mass is 9.90. The van der Waals surface area contributed by atoms with Crippen LogP contribution in [0.1, 0.15) is 50.7 Å². The van der Waals surface area contributed by atoms with Crippen molar-refractivity contribution < 1.29 is 18.9 Å². The second-order valence-corrected chi connectivity index (χ2v) is 8.58. The van der Waals surface area contributed by atoms with E-state index in [1.807, 2.05) is 32.0 Å². The van der Waals surface area contributed by atoms with Gasteiger partial charge < -0.3 is 4.52 Å². The van der Waals surface area contributed by atoms with Crippen molar-refractivity contribution in [2.45, 2.75) is 39.5 Å². The molecule has 5 heteroatoms. The molecule has 154 valence electrons. The summed E-state index contributed by atoms with van der Waals surface area (Å²) in [4.78, 5) is 17.5. The van der Waals surface area contributed by atoms with Gasteiger partial charge in [0.2, 0.25) is 0 Å². The zero-order valence-corrected chi connectivity index (χ0v) is 18.2. The van der Waals surface area contributed by atoms with Gasteiger partial charge in [-0.2, -0.15) is 0 Å². The van der Waals surface area contributed by atoms with E-state index in [1.54, 1.807) is 12.1 Å². The lowest BCUT2D eigenvalue weighted by Gasteiger charge is -2.17. The lowest BCUT2D eigenvalue weighted by Crippen LogP contribution is -2.00. The van der Waals surface area contributed by atoms with Crippen LogP contribution in [0.4, 0.5) is 0 Å². The highest BCUT2D eigenvalue weighted by atomic mass is 31.2. The summed E-state index contributed by atoms with van der Waals surface area (Å²) in [6.07, 6.45) is 0. The summed E-state index contributed by atoms with van der Waals surface area (Å²) in [6.45, 7) is 8.26. The Kier molecular flexibility index (Phi) is 8.21. The topological polar surface area (TPSA) is 66.8 Å². The van der Waals surface area contributed by atoms with Crippen molar-refractivity contribution >= 4 is 7.82 Å². The predicted octanol–water partition coefficient (Wildman–Crippen LogP) is 6.76. The van der Waals surface area contributed by atoms with Crippen LogP contribution in [-0.2, 0) is 4.57 Å². The van der Waals surface area contributed by atoms with Gasteiger partial charge in [0.05, 0.1) is 0 Å². The van der Waals surface area contributed by atoms with Crippen LogP contribution in [0.3, 0.4) is 0 Å². The largest absolute Gasteiger partial charge is 0.524 e. The molecule has 3 rings (SSSR count). The Morgan fingerprint density at radius 1 is 0.690 bits per heavy atom. The molecular formula is C24H29O4P. The molecule has 0 saturated heterocycles. The first kappa shape index (κ1) is 22.9. The van der Waals surface area contributed by atoms with Gasteiger partial charge in [0.15, 0.2) is 0 Å². The first-order chi connectivity index (χ1) is 13.7. The fraction of sp³-hybridized carbons (Fsp3) is 0.250. The number of hydrogen-bond acceptors (Lipinski definition) is 2. The van der Waals surface area contributed by atoms with E-state index in [0.717, 1.165) is 5.56 Å². The molecule has 0 fully saturated rings. The van der Waals surface area contributed by atoms with E-state index in [1.165, 1.54) is 16.7 Å². The summed E-state index contributed by atoms with van der Waals surface area (Å²) in [5.74, 6) is 0.871. The molecule has 0 atom stereocenters. The van der Waals surface area contributed by atoms with Crippen LogP contribution in [0.2, 0.25) is 0 Å². The number of phosphoric acid groups is 1. The van der Waals surface area contributed by atoms with Gasteiger partial charge in [0.25, 0.3) is 0 Å². The summed E-state index contributed by atoms with van der Waals surface area (Å²) in [7, 11) is -4.48. The fourth-order valence-electron chi connectivity index (χ4n) is 3.03. The Labute approximate surface area is 173 Å². The van der Waals surface area contributed by atoms with Crippen LogP contribution in [0.15, 0.2) is 78.9 Å². The third-order valence-electron chi connectivity index (χ3n) is 4.41. The highest BCUT2D eigenvalue weighted by Crippen LogP contribution is 2.39. The van der Waals surface area contributed by atoms with Crippen molar-refractivity contribution in [3.05, 3.63) is 90.0 Å². The lowest BCUT2D eigenvalue weighted by molar-refractivity contribution is 0.283. The van der Waals surface area contributed by atoms with Gasteiger partial charge in [-0.05, 0) is 46.2 Å². The van der Waals surface area contributed by atoms with Gasteiger partial charge in [-0.15, -0.1) is 0 Å². The summed E-state index contributed by atoms with van der Waals surface area (Å²) in [6, 6.07) is 26.0. The summed E-state index contributed by atoms with van der Waals surface area (Å²) >= 11 is 0. The molecule has 0 aromatic heterocycles. The van der Waals surface area contributed by atoms with Gasteiger partial charge in [0, 0.05) is 0 Å². The van der Waals surface area contributed by atoms with Crippen molar-refractivity contribution in [2.75, 3.05) is 0 Å². The average molecular weight is 412 g/mol. The van der Waals surface area contributed by atoms with Crippen molar-refractivity contribution in [1.29, 1.82) is 0 Å². The first-order valence-corrected chi connectivity index (χ1v) is 11.2. The van der Waals surface area contributed by atoms with E-state index in [0.29, 0.717) is 5.92 Å². The zero-order valence-electron chi connectivity index (χ0n) is 17.3. The smallest absolute Gasteiger partial charge is 0.404 e. The molecule has 0 bridgehead atoms. The number of hydrogen-bond donors (Lipinski definition) is 2. The minimum atomic E-state index is -4.48. The van der Waals surface area contributed by atoms with Crippen molar-refractivity contribution in [3.8, 4) is 16.9 Å². The molecule has 29 heavy (non-hydrogen) atoms. The van der Waals surface area contributed by atoms with Gasteiger partial charge in [0.1, 0.15) is 5.75 Å². The molecule has 0 aliphatic carbocycles. The van der Waals surface area contributed by atoms with Crippen LogP contribution in [0, 0.1) is 0 Å². The highest BCUT2D eigenvalue weighted by Gasteiger charge is 2.18. The average Bonchev–Trinajstić information content (AvgIpc) is 2.68. The molecule has 3 aromatic rings. The molecule has 0 radical (unpaired) electrons. The molecule has 0 aliphatic heterocycles. The van der Waals surface area contributed by atoms with E-state index in [-0.39, 0.29) is 11.7 Å². The second-order valence-electron chi connectivity index (χ2n) is 7.41. The SMILES string of the molecule is CC(C)c1ccc(OP(=O)(O)O)cc1C(C)C.c1ccc(-c2ccccc2)cc1. The van der Waals surface area contributed by atoms with E-state index < -0.39 is 7.82 Å². The van der Waals surface area contributed by atoms with Crippen LogP contribution >= 0.6 is 7.82 Å². The van der Waals surface area contributed by atoms with E-state index in [4.69, 9.17) is 9.79 Å². The molecule has 2 N–H and O–H groups in total. The number of phosphoric ester groups is 1. The molecule has 0 spiro atoms. The minimum Gasteiger partial charge on any atom is -0.404 e. The minimum absolute atomic E-state index is 0.214. The maximum atomic E-state index is 10.8. The van der Waals surface area contributed by atoms with Gasteiger partial charge in [-0.1, -0.05) is 94.4 Å². The molecule has 0 heterocycles. The van der Waals surface area contributed by atoms with Gasteiger partial charge in [-0.25, -0.2) is 4.57 Å². The van der Waals surface area contributed by atoms with Crippen LogP contribution < -0.4 is 4.52 Å². The monoisotopic (exact) mass is 412 g/mol. The van der Waals surface area contributed by atoms with Gasteiger partial charge >= 0.3 is 7.82 Å². The fourth-order valence-corrected chi connectivity index (χ4v) is 3.42. The second kappa shape index (κ2) is 10.4. The third kappa shape index (κ3) is 7.51. The first-order valence-electron chi connectivity index (χ1n) is 9.67. The molecule has 0 unspecified atom stereocenters. The predicted molar refractivity (Wildman–Crippen MR) is 119 cm³/mol. The van der Waals surface area contributed by atoms with Gasteiger partial charge in [-0.3, -0.25) is 9.79 Å². The molecule has 0 amide bonds. The number of rotatable bonds is 5. The molecule has 0 saturated carbocycles. The van der Waals surface area contributed by atoms with Crippen molar-refractivity contribution in [3.63, 3.8) is 0 Å². The normalized spacial score (nSPS) is 11.2. The summed E-state index contributed by atoms with van der Waals surface area (Å²) in [5, 5.41) is 0. The van der Waals surface area contributed by atoms with E-state index in [9.17, 15) is 4.57 Å². The maximum Gasteiger partial charge on any atom is 0.524 e. The molecule has 3 aromatic carbocycles. The maximum absolute atomic E-state index is 10.8. The van der Waals surface area contributed by atoms with Crippen LogP contribution in [0.5, 0.6) is 5.75 Å². The highest BCUT2D eigenvalue weighted by molar-refractivity contribution is 7.46. The Morgan fingerprint density at radius 3 is 1.52 bits per heavy atom. The Hall–Kier alpha value is -2.39. The Bertz CT molecular complexity index is 894. The quantitative estimate of drug-likeness (QED) is 0.455. The van der Waals surface area contributed by atoms with Crippen LogP contribution in [-0.4, -0.2) is 9.79 Å². The third-order valence-corrected chi connectivity index (χ3v) is 4.86. The van der Waals surface area contributed by atoms with Crippen molar-refractivity contribution in [2.24, 2.45) is 0 Å². The van der Waals surface area contributed by atoms with Crippen molar-refractivity contribution in [1.82, 2.24) is 0 Å². The zero-order chi connectivity index (χ0) is 21.4. The van der Waals surface area contributed by atoms with E-state index >= 15 is 0 Å². The summed E-state index contributed by atoms with van der Waals surface area (Å²) in [5.41, 5.74) is 4.79. The van der Waals surface area contributed by atoms with Crippen LogP contribution in [0.25, 0.3) is 11.1 Å². The Morgan fingerprint density at radius 2 is 1.14 bits per heavy atom. The molecular weight excluding hydrogens is 383 g/mol. The standard InChI is InChI=1S/C12H19O4P.C12H10/c1-8(2)11-6-5-10(16-17(13,14)15)7-12(11)9(3)4;1-3-7-11(8-4-1)12-9-5-2-6-10-12/h5-9H,1-4H3,(H2,13,14,15);1-10H. The molecule has 4 nitrogen and oxygen atoms in total. The molecule has 0 aliphatic rings. The number of benzene rings is 3. The Balaban J connectivity index is 0.000000218. The van der Waals surface area contributed by atoms with E-state index in [2.05, 4.69) is 66.9 Å². The summed E-state index contributed by atoms with van der Waals surface area (Å²) < 4.78 is 15.4.